The molecule has 2 heterocycles. The van der Waals surface area contributed by atoms with Crippen LogP contribution < -0.4 is 10.1 Å². The molecule has 6 nitrogen and oxygen atoms in total. The molecule has 1 aliphatic carbocycles. The number of nitrogens with zero attached hydrogens (tertiary/aromatic N) is 2. The Labute approximate surface area is 200 Å². The van der Waals surface area contributed by atoms with E-state index < -0.39 is 18.0 Å². The van der Waals surface area contributed by atoms with E-state index in [0.29, 0.717) is 13.1 Å². The molecule has 34 heavy (non-hydrogen) atoms. The third-order valence-corrected chi connectivity index (χ3v) is 8.51. The number of thiazole rings is 1. The van der Waals surface area contributed by atoms with Crippen molar-refractivity contribution < 1.29 is 27.5 Å². The van der Waals surface area contributed by atoms with Crippen LogP contribution in [-0.4, -0.2) is 41.2 Å². The summed E-state index contributed by atoms with van der Waals surface area (Å²) >= 11 is 1.38. The number of nitrogens with one attached hydrogen (secondary N) is 1. The predicted octanol–water partition coefficient (Wildman–Crippen LogP) is 5.68. The lowest BCUT2D eigenvalue weighted by Gasteiger charge is -2.31. The molecule has 2 fully saturated rings. The maximum Gasteiger partial charge on any atom is 0.573 e. The zero-order chi connectivity index (χ0) is 24.9. The summed E-state index contributed by atoms with van der Waals surface area (Å²) in [4.78, 5) is 32.0. The van der Waals surface area contributed by atoms with Gasteiger partial charge in [0.05, 0.1) is 5.01 Å². The normalized spacial score (nSPS) is 20.1. The van der Waals surface area contributed by atoms with Crippen molar-refractivity contribution in [2.45, 2.75) is 52.8 Å². The van der Waals surface area contributed by atoms with Crippen molar-refractivity contribution in [3.8, 4) is 5.75 Å². The molecule has 0 atom stereocenters. The van der Waals surface area contributed by atoms with Gasteiger partial charge in [0.1, 0.15) is 11.4 Å². The van der Waals surface area contributed by atoms with E-state index >= 15 is 0 Å². The van der Waals surface area contributed by atoms with E-state index in [1.165, 1.54) is 23.5 Å². The number of amides is 2. The second-order valence-corrected chi connectivity index (χ2v) is 11.0. The summed E-state index contributed by atoms with van der Waals surface area (Å²) in [6.45, 7) is 9.90. The molecule has 1 saturated carbocycles. The van der Waals surface area contributed by atoms with Crippen molar-refractivity contribution in [3.63, 3.8) is 0 Å². The number of hydrogen-bond donors (Lipinski definition) is 1. The van der Waals surface area contributed by atoms with Gasteiger partial charge in [-0.3, -0.25) is 9.59 Å². The quantitative estimate of drug-likeness (QED) is 0.579. The number of aromatic nitrogens is 1. The summed E-state index contributed by atoms with van der Waals surface area (Å²) in [5, 5.41) is 5.04. The smallest absolute Gasteiger partial charge is 0.406 e. The van der Waals surface area contributed by atoms with Gasteiger partial charge in [0, 0.05) is 42.1 Å². The van der Waals surface area contributed by atoms with Crippen molar-refractivity contribution in [1.82, 2.24) is 9.88 Å². The number of rotatable bonds is 5. The first-order valence-electron chi connectivity index (χ1n) is 11.2. The zero-order valence-electron chi connectivity index (χ0n) is 19.5. The number of carbonyl (C=O) groups is 2. The highest BCUT2D eigenvalue weighted by molar-refractivity contribution is 7.10. The van der Waals surface area contributed by atoms with Gasteiger partial charge >= 0.3 is 6.36 Å². The highest BCUT2D eigenvalue weighted by Crippen LogP contribution is 2.68. The average Bonchev–Trinajstić information content (AvgIpc) is 3.07. The summed E-state index contributed by atoms with van der Waals surface area (Å²) in [5.74, 6) is -0.475. The number of halogens is 3. The van der Waals surface area contributed by atoms with Crippen LogP contribution in [0.2, 0.25) is 0 Å². The minimum Gasteiger partial charge on any atom is -0.406 e. The van der Waals surface area contributed by atoms with Crippen LogP contribution in [0.25, 0.3) is 0 Å². The van der Waals surface area contributed by atoms with Gasteiger partial charge in [0.2, 0.25) is 5.91 Å². The van der Waals surface area contributed by atoms with Gasteiger partial charge in [-0.25, -0.2) is 4.98 Å². The highest BCUT2D eigenvalue weighted by atomic mass is 32.1. The van der Waals surface area contributed by atoms with Gasteiger partial charge < -0.3 is 15.0 Å². The number of piperidine rings is 1. The number of anilines is 1. The monoisotopic (exact) mass is 495 g/mol. The van der Waals surface area contributed by atoms with Gasteiger partial charge in [-0.2, -0.15) is 0 Å². The van der Waals surface area contributed by atoms with Crippen LogP contribution in [0, 0.1) is 16.7 Å². The first-order valence-corrected chi connectivity index (χ1v) is 12.1. The highest BCUT2D eigenvalue weighted by Gasteiger charge is 2.68. The topological polar surface area (TPSA) is 71.5 Å². The van der Waals surface area contributed by atoms with E-state index in [0.717, 1.165) is 30.0 Å². The largest absolute Gasteiger partial charge is 0.573 e. The molecule has 1 aromatic carbocycles. The Kier molecular flexibility index (Phi) is 6.16. The Balaban J connectivity index is 1.33. The van der Waals surface area contributed by atoms with Crippen LogP contribution >= 0.6 is 11.3 Å². The van der Waals surface area contributed by atoms with Crippen LogP contribution in [0.1, 0.15) is 62.0 Å². The fourth-order valence-electron chi connectivity index (χ4n) is 4.89. The van der Waals surface area contributed by atoms with E-state index in [2.05, 4.69) is 42.7 Å². The van der Waals surface area contributed by atoms with E-state index in [4.69, 9.17) is 0 Å². The summed E-state index contributed by atoms with van der Waals surface area (Å²) in [6.07, 6.45) is -3.24. The van der Waals surface area contributed by atoms with Gasteiger partial charge in [-0.1, -0.05) is 33.8 Å². The third kappa shape index (κ3) is 4.78. The van der Waals surface area contributed by atoms with Crippen LogP contribution in [0.4, 0.5) is 18.9 Å². The summed E-state index contributed by atoms with van der Waals surface area (Å²) in [7, 11) is 0. The second kappa shape index (κ2) is 8.55. The Hall–Kier alpha value is -2.62. The Morgan fingerprint density at radius 3 is 2.38 bits per heavy atom. The molecular formula is C24H28F3N3O3S. The van der Waals surface area contributed by atoms with Crippen molar-refractivity contribution in [2.24, 2.45) is 16.7 Å². The number of likely N-dealkylation sites (tertiary alicyclic amines) is 1. The minimum absolute atomic E-state index is 0.0108. The average molecular weight is 496 g/mol. The number of carbonyl (C=O) groups excluding carboxylic acids is 2. The van der Waals surface area contributed by atoms with Crippen molar-refractivity contribution in [3.05, 3.63) is 40.3 Å². The fourth-order valence-corrected chi connectivity index (χ4v) is 5.86. The number of benzene rings is 1. The molecular weight excluding hydrogens is 467 g/mol. The van der Waals surface area contributed by atoms with Crippen LogP contribution in [0.15, 0.2) is 29.6 Å². The third-order valence-electron chi connectivity index (χ3n) is 7.50. The fraction of sp³-hybridized carbons (Fsp3) is 0.542. The zero-order valence-corrected chi connectivity index (χ0v) is 20.3. The van der Waals surface area contributed by atoms with Crippen LogP contribution in [0.3, 0.4) is 0 Å². The summed E-state index contributed by atoms with van der Waals surface area (Å²) < 4.78 is 41.1. The minimum atomic E-state index is -4.81. The molecule has 1 aliphatic heterocycles. The lowest BCUT2D eigenvalue weighted by molar-refractivity contribution is -0.274. The summed E-state index contributed by atoms with van der Waals surface area (Å²) in [6, 6.07) is 5.10. The Morgan fingerprint density at radius 2 is 1.79 bits per heavy atom. The molecule has 1 N–H and O–H groups in total. The van der Waals surface area contributed by atoms with E-state index in [1.54, 1.807) is 5.38 Å². The van der Waals surface area contributed by atoms with E-state index in [9.17, 15) is 22.8 Å². The maximum atomic E-state index is 13.0. The van der Waals surface area contributed by atoms with Crippen LogP contribution in [0.5, 0.6) is 5.75 Å². The molecule has 184 valence electrons. The Morgan fingerprint density at radius 1 is 1.15 bits per heavy atom. The predicted molar refractivity (Wildman–Crippen MR) is 123 cm³/mol. The molecule has 0 unspecified atom stereocenters. The van der Waals surface area contributed by atoms with Gasteiger partial charge in [0.25, 0.3) is 5.91 Å². The van der Waals surface area contributed by atoms with Crippen molar-refractivity contribution >= 4 is 28.8 Å². The molecule has 0 bridgehead atoms. The molecule has 10 heteroatoms. The molecule has 2 aromatic rings. The first kappa shape index (κ1) is 24.5. The second-order valence-electron chi connectivity index (χ2n) is 10.1. The number of hydrogen-bond acceptors (Lipinski definition) is 5. The van der Waals surface area contributed by atoms with Crippen LogP contribution in [-0.2, 0) is 4.79 Å². The SMILES string of the molecule is CC1(C)C(C(=O)N2CCC(c3nc(C(=O)Nc4cccc(OC(F)(F)F)c4)cs3)CC2)C1(C)C. The molecule has 1 aromatic heterocycles. The molecule has 0 spiro atoms. The van der Waals surface area contributed by atoms with Crippen molar-refractivity contribution in [1.29, 1.82) is 0 Å². The van der Waals surface area contributed by atoms with Crippen molar-refractivity contribution in [2.75, 3.05) is 18.4 Å². The molecule has 4 rings (SSSR count). The van der Waals surface area contributed by atoms with E-state index in [1.807, 2.05) is 4.90 Å². The first-order chi connectivity index (χ1) is 15.8. The lowest BCUT2D eigenvalue weighted by atomic mass is 9.96. The lowest BCUT2D eigenvalue weighted by Crippen LogP contribution is -2.39. The maximum absolute atomic E-state index is 13.0. The molecule has 2 aliphatic rings. The van der Waals surface area contributed by atoms with Gasteiger partial charge in [-0.15, -0.1) is 24.5 Å². The number of alkyl halides is 3. The standard InChI is InChI=1S/C24H28F3N3O3S/c1-22(2)18(23(22,3)4)21(32)30-10-8-14(9-11-30)20-29-17(13-34-20)19(31)28-15-6-5-7-16(12-15)33-24(25,26)27/h5-7,12-14,18H,8-11H2,1-4H3,(H,28,31). The Bertz CT molecular complexity index is 1070. The van der Waals surface area contributed by atoms with Gasteiger partial charge in [0.15, 0.2) is 0 Å². The number of ether oxygens (including phenoxy) is 1. The molecule has 0 radical (unpaired) electrons. The van der Waals surface area contributed by atoms with Gasteiger partial charge in [-0.05, 0) is 35.8 Å². The summed E-state index contributed by atoms with van der Waals surface area (Å²) in [5.41, 5.74) is 0.412. The van der Waals surface area contributed by atoms with E-state index in [-0.39, 0.29) is 40.0 Å². The molecule has 1 saturated heterocycles. The molecule has 2 amide bonds.